The van der Waals surface area contributed by atoms with E-state index in [0.717, 1.165) is 24.2 Å². The van der Waals surface area contributed by atoms with Crippen LogP contribution in [0.25, 0.3) is 5.69 Å². The summed E-state index contributed by atoms with van der Waals surface area (Å²) in [6.07, 6.45) is 6.19. The first-order chi connectivity index (χ1) is 8.81. The number of aryl methyl sites for hydroxylation is 1. The van der Waals surface area contributed by atoms with Gasteiger partial charge >= 0.3 is 0 Å². The van der Waals surface area contributed by atoms with Crippen LogP contribution in [0.5, 0.6) is 0 Å². The van der Waals surface area contributed by atoms with Crippen LogP contribution in [-0.4, -0.2) is 9.55 Å². The SMILES string of the molecule is NCc1c(F)cccc1-n1cnc2c1CCCC2. The fourth-order valence-electron chi connectivity index (χ4n) is 2.65. The maximum Gasteiger partial charge on any atom is 0.129 e. The van der Waals surface area contributed by atoms with E-state index in [9.17, 15) is 4.39 Å². The Hall–Kier alpha value is -1.68. The van der Waals surface area contributed by atoms with Gasteiger partial charge in [0.2, 0.25) is 0 Å². The number of aromatic nitrogens is 2. The first-order valence-electron chi connectivity index (χ1n) is 6.34. The van der Waals surface area contributed by atoms with Crippen molar-refractivity contribution in [1.82, 2.24) is 9.55 Å². The molecule has 1 aromatic carbocycles. The van der Waals surface area contributed by atoms with Crippen molar-refractivity contribution in [1.29, 1.82) is 0 Å². The maximum atomic E-state index is 13.8. The number of nitrogens with zero attached hydrogens (tertiary/aromatic N) is 2. The first kappa shape index (κ1) is 11.4. The third-order valence-corrected chi connectivity index (χ3v) is 3.59. The van der Waals surface area contributed by atoms with E-state index in [1.54, 1.807) is 12.4 Å². The highest BCUT2D eigenvalue weighted by Crippen LogP contribution is 2.25. The summed E-state index contributed by atoms with van der Waals surface area (Å²) >= 11 is 0. The van der Waals surface area contributed by atoms with Gasteiger partial charge in [-0.3, -0.25) is 0 Å². The number of hydrogen-bond acceptors (Lipinski definition) is 2. The van der Waals surface area contributed by atoms with Crippen LogP contribution in [0.15, 0.2) is 24.5 Å². The average molecular weight is 245 g/mol. The van der Waals surface area contributed by atoms with Crippen LogP contribution in [0.4, 0.5) is 4.39 Å². The lowest BCUT2D eigenvalue weighted by Crippen LogP contribution is -2.11. The van der Waals surface area contributed by atoms with Crippen molar-refractivity contribution in [3.05, 3.63) is 47.3 Å². The van der Waals surface area contributed by atoms with E-state index in [2.05, 4.69) is 4.98 Å². The molecule has 1 aliphatic carbocycles. The zero-order valence-corrected chi connectivity index (χ0v) is 10.2. The molecule has 94 valence electrons. The van der Waals surface area contributed by atoms with Crippen molar-refractivity contribution in [2.45, 2.75) is 32.2 Å². The van der Waals surface area contributed by atoms with Gasteiger partial charge in [0.15, 0.2) is 0 Å². The minimum absolute atomic E-state index is 0.203. The topological polar surface area (TPSA) is 43.8 Å². The van der Waals surface area contributed by atoms with Crippen molar-refractivity contribution in [3.63, 3.8) is 0 Å². The number of halogens is 1. The van der Waals surface area contributed by atoms with Crippen LogP contribution in [0.3, 0.4) is 0 Å². The van der Waals surface area contributed by atoms with Gasteiger partial charge in [-0.2, -0.15) is 0 Å². The summed E-state index contributed by atoms with van der Waals surface area (Å²) in [7, 11) is 0. The van der Waals surface area contributed by atoms with E-state index < -0.39 is 0 Å². The molecule has 1 aliphatic rings. The molecule has 0 atom stereocenters. The molecule has 0 fully saturated rings. The Morgan fingerprint density at radius 1 is 1.28 bits per heavy atom. The molecule has 3 rings (SSSR count). The second kappa shape index (κ2) is 4.53. The quantitative estimate of drug-likeness (QED) is 0.882. The van der Waals surface area contributed by atoms with E-state index in [0.29, 0.717) is 5.56 Å². The Balaban J connectivity index is 2.15. The van der Waals surface area contributed by atoms with Gasteiger partial charge in [-0.1, -0.05) is 6.07 Å². The lowest BCUT2D eigenvalue weighted by molar-refractivity contribution is 0.606. The second-order valence-electron chi connectivity index (χ2n) is 4.66. The van der Waals surface area contributed by atoms with Crippen LogP contribution in [0, 0.1) is 5.82 Å². The molecule has 0 bridgehead atoms. The van der Waals surface area contributed by atoms with E-state index in [1.807, 2.05) is 10.6 Å². The molecule has 0 radical (unpaired) electrons. The summed E-state index contributed by atoms with van der Waals surface area (Å²) < 4.78 is 15.8. The zero-order chi connectivity index (χ0) is 12.5. The summed E-state index contributed by atoms with van der Waals surface area (Å²) in [5, 5.41) is 0. The van der Waals surface area contributed by atoms with Crippen LogP contribution < -0.4 is 5.73 Å². The maximum absolute atomic E-state index is 13.8. The van der Waals surface area contributed by atoms with Crippen LogP contribution >= 0.6 is 0 Å². The molecule has 0 spiro atoms. The molecule has 4 heteroatoms. The van der Waals surface area contributed by atoms with E-state index in [4.69, 9.17) is 5.73 Å². The lowest BCUT2D eigenvalue weighted by Gasteiger charge is -2.16. The van der Waals surface area contributed by atoms with Gasteiger partial charge in [-0.15, -0.1) is 0 Å². The number of nitrogens with two attached hydrogens (primary N) is 1. The largest absolute Gasteiger partial charge is 0.326 e. The Morgan fingerprint density at radius 3 is 2.94 bits per heavy atom. The van der Waals surface area contributed by atoms with E-state index >= 15 is 0 Å². The van der Waals surface area contributed by atoms with E-state index in [1.165, 1.54) is 24.6 Å². The summed E-state index contributed by atoms with van der Waals surface area (Å²) in [6.45, 7) is 0.203. The van der Waals surface area contributed by atoms with Crippen molar-refractivity contribution in [2.75, 3.05) is 0 Å². The van der Waals surface area contributed by atoms with Gasteiger partial charge in [0.1, 0.15) is 5.82 Å². The molecule has 0 saturated carbocycles. The molecule has 1 heterocycles. The van der Waals surface area contributed by atoms with Gasteiger partial charge in [0.05, 0.1) is 17.7 Å². The number of fused-ring (bicyclic) bond motifs is 1. The standard InChI is InChI=1S/C14H16FN3/c15-11-4-3-7-13(10(11)8-16)18-9-17-12-5-1-2-6-14(12)18/h3-4,7,9H,1-2,5-6,8,16H2. The number of hydrogen-bond donors (Lipinski definition) is 1. The minimum Gasteiger partial charge on any atom is -0.326 e. The highest BCUT2D eigenvalue weighted by molar-refractivity contribution is 5.44. The number of rotatable bonds is 2. The first-order valence-corrected chi connectivity index (χ1v) is 6.34. The molecule has 2 N–H and O–H groups in total. The van der Waals surface area contributed by atoms with Gasteiger partial charge < -0.3 is 10.3 Å². The summed E-state index contributed by atoms with van der Waals surface area (Å²) in [4.78, 5) is 4.44. The smallest absolute Gasteiger partial charge is 0.129 e. The normalized spacial score (nSPS) is 14.6. The minimum atomic E-state index is -0.242. The van der Waals surface area contributed by atoms with Crippen LogP contribution in [0.2, 0.25) is 0 Å². The molecule has 0 amide bonds. The molecular weight excluding hydrogens is 229 g/mol. The molecule has 0 aliphatic heterocycles. The predicted octanol–water partition coefficient (Wildman–Crippen LogP) is 2.35. The van der Waals surface area contributed by atoms with Crippen LogP contribution in [0.1, 0.15) is 29.8 Å². The fraction of sp³-hybridized carbons (Fsp3) is 0.357. The Labute approximate surface area is 105 Å². The average Bonchev–Trinajstić information content (AvgIpc) is 2.82. The molecule has 0 saturated heterocycles. The second-order valence-corrected chi connectivity index (χ2v) is 4.66. The van der Waals surface area contributed by atoms with Gasteiger partial charge in [0.25, 0.3) is 0 Å². The molecule has 1 aromatic heterocycles. The van der Waals surface area contributed by atoms with Crippen LogP contribution in [-0.2, 0) is 19.4 Å². The highest BCUT2D eigenvalue weighted by atomic mass is 19.1. The predicted molar refractivity (Wildman–Crippen MR) is 68.1 cm³/mol. The van der Waals surface area contributed by atoms with Crippen molar-refractivity contribution >= 4 is 0 Å². The van der Waals surface area contributed by atoms with Gasteiger partial charge in [0, 0.05) is 17.8 Å². The highest BCUT2D eigenvalue weighted by Gasteiger charge is 2.18. The van der Waals surface area contributed by atoms with Crippen molar-refractivity contribution in [3.8, 4) is 5.69 Å². The molecule has 0 unspecified atom stereocenters. The molecular formula is C14H16FN3. The van der Waals surface area contributed by atoms with Crippen molar-refractivity contribution < 1.29 is 4.39 Å². The van der Waals surface area contributed by atoms with E-state index in [-0.39, 0.29) is 12.4 Å². The molecule has 3 nitrogen and oxygen atoms in total. The van der Waals surface area contributed by atoms with Gasteiger partial charge in [-0.05, 0) is 37.8 Å². The fourth-order valence-corrected chi connectivity index (χ4v) is 2.65. The summed E-state index contributed by atoms with van der Waals surface area (Å²) in [5.41, 5.74) is 9.40. The third kappa shape index (κ3) is 1.73. The zero-order valence-electron chi connectivity index (χ0n) is 10.2. The number of imidazole rings is 1. The third-order valence-electron chi connectivity index (χ3n) is 3.59. The molecule has 18 heavy (non-hydrogen) atoms. The Kier molecular flexibility index (Phi) is 2.88. The number of benzene rings is 1. The van der Waals surface area contributed by atoms with Gasteiger partial charge in [-0.25, -0.2) is 9.37 Å². The Bertz CT molecular complexity index is 574. The monoisotopic (exact) mass is 245 g/mol. The Morgan fingerprint density at radius 2 is 2.11 bits per heavy atom. The molecule has 2 aromatic rings. The lowest BCUT2D eigenvalue weighted by atomic mass is 10.0. The summed E-state index contributed by atoms with van der Waals surface area (Å²) in [6, 6.07) is 5.08. The van der Waals surface area contributed by atoms with Crippen molar-refractivity contribution in [2.24, 2.45) is 5.73 Å². The summed E-state index contributed by atoms with van der Waals surface area (Å²) in [5.74, 6) is -0.242.